The summed E-state index contributed by atoms with van der Waals surface area (Å²) in [5.74, 6) is -0.230. The number of rotatable bonds is 3. The number of nitrogens with zero attached hydrogens (tertiary/aromatic N) is 3. The summed E-state index contributed by atoms with van der Waals surface area (Å²) >= 11 is 0. The van der Waals surface area contributed by atoms with Crippen LogP contribution in [-0.2, 0) is 10.9 Å². The van der Waals surface area contributed by atoms with Gasteiger partial charge >= 0.3 is 12.1 Å². The van der Waals surface area contributed by atoms with Crippen LogP contribution < -0.4 is 4.90 Å². The molecule has 1 fully saturated rings. The van der Waals surface area contributed by atoms with Crippen molar-refractivity contribution in [1.82, 2.24) is 9.97 Å². The van der Waals surface area contributed by atoms with Gasteiger partial charge in [0.2, 0.25) is 5.95 Å². The lowest BCUT2D eigenvalue weighted by molar-refractivity contribution is -0.137. The van der Waals surface area contributed by atoms with E-state index in [1.54, 1.807) is 0 Å². The molecule has 0 radical (unpaired) electrons. The minimum atomic E-state index is -4.40. The number of esters is 1. The molecule has 5 nitrogen and oxygen atoms in total. The van der Waals surface area contributed by atoms with Crippen molar-refractivity contribution in [3.05, 3.63) is 41.6 Å². The van der Waals surface area contributed by atoms with Gasteiger partial charge in [0.25, 0.3) is 0 Å². The van der Waals surface area contributed by atoms with Crippen molar-refractivity contribution in [2.75, 3.05) is 25.1 Å². The number of carbonyl (C=O) groups is 1. The zero-order chi connectivity index (χ0) is 18.0. The summed E-state index contributed by atoms with van der Waals surface area (Å²) in [4.78, 5) is 22.5. The zero-order valence-corrected chi connectivity index (χ0v) is 13.5. The van der Waals surface area contributed by atoms with Crippen molar-refractivity contribution in [1.29, 1.82) is 0 Å². The van der Waals surface area contributed by atoms with E-state index in [1.807, 2.05) is 4.90 Å². The van der Waals surface area contributed by atoms with E-state index in [4.69, 9.17) is 4.74 Å². The second kappa shape index (κ2) is 6.70. The summed E-state index contributed by atoms with van der Waals surface area (Å²) in [7, 11) is 1.25. The highest BCUT2D eigenvalue weighted by atomic mass is 19.4. The van der Waals surface area contributed by atoms with Gasteiger partial charge in [0.1, 0.15) is 0 Å². The van der Waals surface area contributed by atoms with Crippen molar-refractivity contribution in [2.45, 2.75) is 19.0 Å². The number of hydrogen-bond donors (Lipinski definition) is 0. The Kier molecular flexibility index (Phi) is 4.61. The van der Waals surface area contributed by atoms with Gasteiger partial charge in [0.05, 0.1) is 18.4 Å². The predicted octanol–water partition coefficient (Wildman–Crippen LogP) is 3.55. The summed E-state index contributed by atoms with van der Waals surface area (Å²) in [6.45, 7) is 1.55. The number of hydrogen-bond acceptors (Lipinski definition) is 5. The van der Waals surface area contributed by atoms with Gasteiger partial charge in [0, 0.05) is 18.7 Å². The van der Waals surface area contributed by atoms with Crippen molar-refractivity contribution < 1.29 is 22.7 Å². The van der Waals surface area contributed by atoms with Crippen molar-refractivity contribution >= 4 is 11.9 Å². The highest BCUT2D eigenvalue weighted by Crippen LogP contribution is 2.31. The predicted molar refractivity (Wildman–Crippen MR) is 85.3 cm³/mol. The van der Waals surface area contributed by atoms with Crippen LogP contribution in [0.5, 0.6) is 0 Å². The molecule has 132 valence electrons. The number of halogens is 3. The molecule has 3 rings (SSSR count). The van der Waals surface area contributed by atoms with E-state index in [0.29, 0.717) is 17.2 Å². The van der Waals surface area contributed by atoms with E-state index >= 15 is 0 Å². The van der Waals surface area contributed by atoms with Crippen LogP contribution in [0.3, 0.4) is 0 Å². The molecule has 2 heterocycles. The number of aromatic nitrogens is 2. The Morgan fingerprint density at radius 1 is 1.12 bits per heavy atom. The fourth-order valence-corrected chi connectivity index (χ4v) is 2.68. The third-order valence-electron chi connectivity index (χ3n) is 4.01. The van der Waals surface area contributed by atoms with Crippen LogP contribution in [0.2, 0.25) is 0 Å². The van der Waals surface area contributed by atoms with Crippen LogP contribution in [0.4, 0.5) is 19.1 Å². The van der Waals surface area contributed by atoms with Crippen LogP contribution in [0.25, 0.3) is 11.3 Å². The fourth-order valence-electron chi connectivity index (χ4n) is 2.68. The Morgan fingerprint density at radius 2 is 1.76 bits per heavy atom. The number of ether oxygens (including phenoxy) is 1. The summed E-state index contributed by atoms with van der Waals surface area (Å²) < 4.78 is 42.9. The number of carbonyl (C=O) groups excluding carboxylic acids is 1. The van der Waals surface area contributed by atoms with Crippen LogP contribution in [0.15, 0.2) is 30.3 Å². The number of methoxy groups -OCH3 is 1. The molecule has 0 N–H and O–H groups in total. The second-order valence-corrected chi connectivity index (χ2v) is 5.70. The molecule has 0 spiro atoms. The molecule has 0 atom stereocenters. The largest absolute Gasteiger partial charge is 0.464 e. The van der Waals surface area contributed by atoms with Crippen molar-refractivity contribution in [3.63, 3.8) is 0 Å². The lowest BCUT2D eigenvalue weighted by Crippen LogP contribution is -2.22. The molecule has 0 amide bonds. The third kappa shape index (κ3) is 3.72. The SMILES string of the molecule is COC(=O)c1cc(-c2ccc(C(F)(F)F)cc2)nc(N2CCCC2)n1. The molecule has 1 aliphatic heterocycles. The highest BCUT2D eigenvalue weighted by molar-refractivity contribution is 5.88. The fraction of sp³-hybridized carbons (Fsp3) is 0.353. The minimum Gasteiger partial charge on any atom is -0.464 e. The molecule has 1 aromatic carbocycles. The third-order valence-corrected chi connectivity index (χ3v) is 4.01. The van der Waals surface area contributed by atoms with Crippen LogP contribution in [0, 0.1) is 0 Å². The van der Waals surface area contributed by atoms with E-state index in [-0.39, 0.29) is 5.69 Å². The van der Waals surface area contributed by atoms with Gasteiger partial charge in [0.15, 0.2) is 5.69 Å². The maximum atomic E-state index is 12.7. The quantitative estimate of drug-likeness (QED) is 0.792. The highest BCUT2D eigenvalue weighted by Gasteiger charge is 2.30. The Labute approximate surface area is 142 Å². The first-order chi connectivity index (χ1) is 11.9. The lowest BCUT2D eigenvalue weighted by atomic mass is 10.1. The Bertz CT molecular complexity index is 770. The average Bonchev–Trinajstić information content (AvgIpc) is 3.14. The minimum absolute atomic E-state index is 0.0781. The standard InChI is InChI=1S/C17H16F3N3O2/c1-25-15(24)14-10-13(21-16(22-14)23-8-2-3-9-23)11-4-6-12(7-5-11)17(18,19)20/h4-7,10H,2-3,8-9H2,1H3. The Morgan fingerprint density at radius 3 is 2.32 bits per heavy atom. The summed E-state index contributed by atoms with van der Waals surface area (Å²) in [6.07, 6.45) is -2.40. The second-order valence-electron chi connectivity index (χ2n) is 5.70. The number of alkyl halides is 3. The average molecular weight is 351 g/mol. The topological polar surface area (TPSA) is 55.3 Å². The van der Waals surface area contributed by atoms with Gasteiger partial charge < -0.3 is 9.64 Å². The van der Waals surface area contributed by atoms with Gasteiger partial charge in [-0.05, 0) is 31.0 Å². The van der Waals surface area contributed by atoms with Crippen molar-refractivity contribution in [3.8, 4) is 11.3 Å². The molecular weight excluding hydrogens is 335 g/mol. The zero-order valence-electron chi connectivity index (χ0n) is 13.5. The van der Waals surface area contributed by atoms with E-state index < -0.39 is 17.7 Å². The maximum Gasteiger partial charge on any atom is 0.416 e. The van der Waals surface area contributed by atoms with Gasteiger partial charge in [-0.1, -0.05) is 12.1 Å². The summed E-state index contributed by atoms with van der Waals surface area (Å²) in [5, 5.41) is 0. The molecule has 2 aromatic rings. The Balaban J connectivity index is 2.02. The Hall–Kier alpha value is -2.64. The molecule has 1 aliphatic rings. The molecule has 8 heteroatoms. The van der Waals surface area contributed by atoms with Crippen molar-refractivity contribution in [2.24, 2.45) is 0 Å². The smallest absolute Gasteiger partial charge is 0.416 e. The van der Waals surface area contributed by atoms with E-state index in [0.717, 1.165) is 38.1 Å². The molecule has 1 aromatic heterocycles. The lowest BCUT2D eigenvalue weighted by Gasteiger charge is -2.17. The maximum absolute atomic E-state index is 12.7. The molecule has 0 saturated carbocycles. The first-order valence-corrected chi connectivity index (χ1v) is 7.78. The molecule has 1 saturated heterocycles. The molecule has 0 bridgehead atoms. The molecule has 0 aliphatic carbocycles. The van der Waals surface area contributed by atoms with E-state index in [9.17, 15) is 18.0 Å². The molecule has 0 unspecified atom stereocenters. The number of benzene rings is 1. The molecule has 25 heavy (non-hydrogen) atoms. The van der Waals surface area contributed by atoms with Crippen LogP contribution >= 0.6 is 0 Å². The molecular formula is C17H16F3N3O2. The monoisotopic (exact) mass is 351 g/mol. The van der Waals surface area contributed by atoms with Crippen LogP contribution in [0.1, 0.15) is 28.9 Å². The van der Waals surface area contributed by atoms with Crippen LogP contribution in [-0.4, -0.2) is 36.1 Å². The van der Waals surface area contributed by atoms with Gasteiger partial charge in [-0.2, -0.15) is 13.2 Å². The first kappa shape index (κ1) is 17.2. The summed E-state index contributed by atoms with van der Waals surface area (Å²) in [6, 6.07) is 6.07. The summed E-state index contributed by atoms with van der Waals surface area (Å²) in [5.41, 5.74) is 0.194. The van der Waals surface area contributed by atoms with Gasteiger partial charge in [-0.15, -0.1) is 0 Å². The number of anilines is 1. The van der Waals surface area contributed by atoms with Gasteiger partial charge in [-0.25, -0.2) is 14.8 Å². The normalized spacial score (nSPS) is 14.6. The van der Waals surface area contributed by atoms with E-state index in [2.05, 4.69) is 9.97 Å². The van der Waals surface area contributed by atoms with Gasteiger partial charge in [-0.3, -0.25) is 0 Å². The first-order valence-electron chi connectivity index (χ1n) is 7.78. The van der Waals surface area contributed by atoms with E-state index in [1.165, 1.54) is 25.3 Å².